The van der Waals surface area contributed by atoms with Crippen molar-refractivity contribution in [2.24, 2.45) is 0 Å². The lowest BCUT2D eigenvalue weighted by molar-refractivity contribution is 0.144. The second-order valence-corrected chi connectivity index (χ2v) is 5.11. The summed E-state index contributed by atoms with van der Waals surface area (Å²) in [5.74, 6) is 0. The van der Waals surface area contributed by atoms with Crippen molar-refractivity contribution < 1.29 is 4.74 Å². The standard InChI is InChI=1S/C13H18BrNO/c1-10-4-2-6-12(13(10)14)15-11-5-3-8-16-9-7-11/h2,4,6,11,15H,3,5,7-9H2,1H3. The molecule has 16 heavy (non-hydrogen) atoms. The van der Waals surface area contributed by atoms with Gasteiger partial charge in [-0.25, -0.2) is 0 Å². The number of anilines is 1. The molecule has 1 fully saturated rings. The first-order chi connectivity index (χ1) is 7.77. The highest BCUT2D eigenvalue weighted by Gasteiger charge is 2.13. The first-order valence-corrected chi connectivity index (χ1v) is 6.66. The molecule has 0 amide bonds. The molecule has 1 heterocycles. The zero-order chi connectivity index (χ0) is 11.4. The van der Waals surface area contributed by atoms with Crippen LogP contribution in [-0.4, -0.2) is 19.3 Å². The Bertz CT molecular complexity index is 346. The van der Waals surface area contributed by atoms with Crippen LogP contribution in [0.1, 0.15) is 24.8 Å². The van der Waals surface area contributed by atoms with E-state index in [1.54, 1.807) is 0 Å². The lowest BCUT2D eigenvalue weighted by Crippen LogP contribution is -2.19. The molecule has 1 saturated heterocycles. The first kappa shape index (κ1) is 11.9. The Hall–Kier alpha value is -0.540. The largest absolute Gasteiger partial charge is 0.381 e. The molecule has 0 aliphatic carbocycles. The average molecular weight is 284 g/mol. The molecule has 1 unspecified atom stereocenters. The van der Waals surface area contributed by atoms with Crippen molar-refractivity contribution in [3.8, 4) is 0 Å². The Morgan fingerprint density at radius 3 is 3.06 bits per heavy atom. The molecule has 0 saturated carbocycles. The minimum Gasteiger partial charge on any atom is -0.381 e. The predicted octanol–water partition coefficient (Wildman–Crippen LogP) is 3.74. The van der Waals surface area contributed by atoms with Crippen LogP contribution < -0.4 is 5.32 Å². The van der Waals surface area contributed by atoms with Crippen molar-refractivity contribution in [3.05, 3.63) is 28.2 Å². The van der Waals surface area contributed by atoms with Gasteiger partial charge in [0.25, 0.3) is 0 Å². The second-order valence-electron chi connectivity index (χ2n) is 4.32. The van der Waals surface area contributed by atoms with Crippen LogP contribution in [0.25, 0.3) is 0 Å². The summed E-state index contributed by atoms with van der Waals surface area (Å²) in [7, 11) is 0. The van der Waals surface area contributed by atoms with Crippen LogP contribution in [0, 0.1) is 6.92 Å². The fourth-order valence-electron chi connectivity index (χ4n) is 2.03. The summed E-state index contributed by atoms with van der Waals surface area (Å²) in [6.07, 6.45) is 3.45. The van der Waals surface area contributed by atoms with E-state index in [4.69, 9.17) is 4.74 Å². The molecule has 0 radical (unpaired) electrons. The molecule has 88 valence electrons. The number of aryl methyl sites for hydroxylation is 1. The monoisotopic (exact) mass is 283 g/mol. The summed E-state index contributed by atoms with van der Waals surface area (Å²) < 4.78 is 6.65. The number of ether oxygens (including phenoxy) is 1. The van der Waals surface area contributed by atoms with E-state index < -0.39 is 0 Å². The van der Waals surface area contributed by atoms with Gasteiger partial charge in [0.1, 0.15) is 0 Å². The summed E-state index contributed by atoms with van der Waals surface area (Å²) in [6.45, 7) is 3.90. The second kappa shape index (κ2) is 5.69. The third kappa shape index (κ3) is 2.98. The van der Waals surface area contributed by atoms with E-state index in [9.17, 15) is 0 Å². The molecule has 1 aromatic rings. The molecule has 1 aromatic carbocycles. The molecule has 0 spiro atoms. The molecule has 1 aliphatic rings. The van der Waals surface area contributed by atoms with Crippen molar-refractivity contribution in [2.45, 2.75) is 32.2 Å². The normalized spacial score (nSPS) is 21.5. The van der Waals surface area contributed by atoms with E-state index in [1.807, 2.05) is 0 Å². The fraction of sp³-hybridized carbons (Fsp3) is 0.538. The molecule has 1 atom stereocenters. The fourth-order valence-corrected chi connectivity index (χ4v) is 2.41. The van der Waals surface area contributed by atoms with E-state index >= 15 is 0 Å². The van der Waals surface area contributed by atoms with Gasteiger partial charge < -0.3 is 10.1 Å². The quantitative estimate of drug-likeness (QED) is 0.893. The number of benzene rings is 1. The van der Waals surface area contributed by atoms with Gasteiger partial charge >= 0.3 is 0 Å². The summed E-state index contributed by atoms with van der Waals surface area (Å²) in [6, 6.07) is 6.88. The van der Waals surface area contributed by atoms with Gasteiger partial charge in [0.2, 0.25) is 0 Å². The van der Waals surface area contributed by atoms with E-state index in [2.05, 4.69) is 46.4 Å². The number of hydrogen-bond acceptors (Lipinski definition) is 2. The number of halogens is 1. The van der Waals surface area contributed by atoms with Gasteiger partial charge in [-0.2, -0.15) is 0 Å². The van der Waals surface area contributed by atoms with Crippen LogP contribution in [0.4, 0.5) is 5.69 Å². The van der Waals surface area contributed by atoms with E-state index in [-0.39, 0.29) is 0 Å². The van der Waals surface area contributed by atoms with Crippen LogP contribution in [0.15, 0.2) is 22.7 Å². The van der Waals surface area contributed by atoms with E-state index in [0.29, 0.717) is 6.04 Å². The molecule has 2 nitrogen and oxygen atoms in total. The van der Waals surface area contributed by atoms with Crippen molar-refractivity contribution in [1.29, 1.82) is 0 Å². The van der Waals surface area contributed by atoms with Crippen LogP contribution in [0.3, 0.4) is 0 Å². The van der Waals surface area contributed by atoms with Gasteiger partial charge in [-0.15, -0.1) is 0 Å². The summed E-state index contributed by atoms with van der Waals surface area (Å²) in [4.78, 5) is 0. The Morgan fingerprint density at radius 1 is 1.31 bits per heavy atom. The van der Waals surface area contributed by atoms with E-state index in [1.165, 1.54) is 22.1 Å². The minimum atomic E-state index is 0.542. The minimum absolute atomic E-state index is 0.542. The zero-order valence-corrected chi connectivity index (χ0v) is 11.2. The summed E-state index contributed by atoms with van der Waals surface area (Å²) in [5, 5.41) is 3.60. The lowest BCUT2D eigenvalue weighted by Gasteiger charge is -2.18. The van der Waals surface area contributed by atoms with Crippen molar-refractivity contribution in [3.63, 3.8) is 0 Å². The van der Waals surface area contributed by atoms with Gasteiger partial charge in [-0.1, -0.05) is 12.1 Å². The molecule has 2 rings (SSSR count). The van der Waals surface area contributed by atoms with E-state index in [0.717, 1.165) is 26.1 Å². The maximum absolute atomic E-state index is 5.46. The Labute approximate surface area is 106 Å². The highest BCUT2D eigenvalue weighted by molar-refractivity contribution is 9.10. The highest BCUT2D eigenvalue weighted by atomic mass is 79.9. The summed E-state index contributed by atoms with van der Waals surface area (Å²) >= 11 is 3.63. The van der Waals surface area contributed by atoms with Gasteiger partial charge in [0.15, 0.2) is 0 Å². The topological polar surface area (TPSA) is 21.3 Å². The third-order valence-electron chi connectivity index (χ3n) is 3.00. The van der Waals surface area contributed by atoms with Crippen LogP contribution in [-0.2, 0) is 4.74 Å². The number of nitrogens with one attached hydrogen (secondary N) is 1. The maximum atomic E-state index is 5.46. The third-order valence-corrected chi connectivity index (χ3v) is 4.06. The van der Waals surface area contributed by atoms with Crippen molar-refractivity contribution in [1.82, 2.24) is 0 Å². The molecule has 3 heteroatoms. The van der Waals surface area contributed by atoms with Gasteiger partial charge in [0.05, 0.1) is 0 Å². The molecule has 0 bridgehead atoms. The van der Waals surface area contributed by atoms with Gasteiger partial charge in [0, 0.05) is 29.4 Å². The van der Waals surface area contributed by atoms with Crippen LogP contribution >= 0.6 is 15.9 Å². The lowest BCUT2D eigenvalue weighted by atomic mass is 10.1. The van der Waals surface area contributed by atoms with Gasteiger partial charge in [-0.3, -0.25) is 0 Å². The highest BCUT2D eigenvalue weighted by Crippen LogP contribution is 2.27. The molecular weight excluding hydrogens is 266 g/mol. The Kier molecular flexibility index (Phi) is 4.24. The first-order valence-electron chi connectivity index (χ1n) is 5.87. The van der Waals surface area contributed by atoms with Crippen LogP contribution in [0.5, 0.6) is 0 Å². The molecule has 0 aromatic heterocycles. The zero-order valence-electron chi connectivity index (χ0n) is 9.63. The Morgan fingerprint density at radius 2 is 2.19 bits per heavy atom. The van der Waals surface area contributed by atoms with Crippen LogP contribution in [0.2, 0.25) is 0 Å². The molecular formula is C13H18BrNO. The number of hydrogen-bond donors (Lipinski definition) is 1. The average Bonchev–Trinajstić information content (AvgIpc) is 2.53. The number of rotatable bonds is 2. The van der Waals surface area contributed by atoms with Crippen molar-refractivity contribution in [2.75, 3.05) is 18.5 Å². The Balaban J connectivity index is 2.04. The SMILES string of the molecule is Cc1cccc(NC2CCCOCC2)c1Br. The maximum Gasteiger partial charge on any atom is 0.0489 e. The summed E-state index contributed by atoms with van der Waals surface area (Å²) in [5.41, 5.74) is 2.47. The molecule has 1 aliphatic heterocycles. The smallest absolute Gasteiger partial charge is 0.0489 e. The molecule has 1 N–H and O–H groups in total. The van der Waals surface area contributed by atoms with Crippen molar-refractivity contribution >= 4 is 21.6 Å². The van der Waals surface area contributed by atoms with Gasteiger partial charge in [-0.05, 0) is 53.7 Å². The predicted molar refractivity (Wildman–Crippen MR) is 71.0 cm³/mol.